The molecule has 0 unspecified atom stereocenters. The second kappa shape index (κ2) is 7.05. The lowest BCUT2D eigenvalue weighted by molar-refractivity contribution is 0.314. The highest BCUT2D eigenvalue weighted by atomic mass is 16.5. The molecule has 0 radical (unpaired) electrons. The molecule has 5 rings (SSSR count). The molecule has 1 aliphatic rings. The van der Waals surface area contributed by atoms with Crippen LogP contribution in [0.15, 0.2) is 54.6 Å². The lowest BCUT2D eigenvalue weighted by Gasteiger charge is -2.28. The lowest BCUT2D eigenvalue weighted by atomic mass is 9.89. The zero-order valence-corrected chi connectivity index (χ0v) is 17.0. The quantitative estimate of drug-likeness (QED) is 0.463. The van der Waals surface area contributed by atoms with E-state index in [2.05, 4.69) is 54.4 Å². The Morgan fingerprint density at radius 2 is 1.72 bits per heavy atom. The Balaban J connectivity index is 1.83. The van der Waals surface area contributed by atoms with Crippen LogP contribution in [0, 0.1) is 0 Å². The number of aromatic nitrogens is 1. The number of benzene rings is 3. The number of fused-ring (bicyclic) bond motifs is 5. The molecule has 0 saturated carbocycles. The van der Waals surface area contributed by atoms with Crippen LogP contribution in [-0.2, 0) is 13.0 Å². The predicted molar refractivity (Wildman–Crippen MR) is 118 cm³/mol. The molecule has 146 valence electrons. The molecule has 0 fully saturated rings. The normalized spacial score (nSPS) is 14.2. The van der Waals surface area contributed by atoms with Gasteiger partial charge in [-0.05, 0) is 59.6 Å². The number of rotatable bonds is 3. The first kappa shape index (κ1) is 18.0. The van der Waals surface area contributed by atoms with E-state index in [0.717, 1.165) is 47.8 Å². The zero-order valence-electron chi connectivity index (χ0n) is 17.0. The first-order valence-electron chi connectivity index (χ1n) is 9.93. The molecular formula is C25H24N2O2. The van der Waals surface area contributed by atoms with Crippen LogP contribution < -0.4 is 9.47 Å². The molecule has 4 heteroatoms. The van der Waals surface area contributed by atoms with Gasteiger partial charge in [-0.3, -0.25) is 0 Å². The third-order valence-electron chi connectivity index (χ3n) is 5.92. The number of hydrogen-bond donors (Lipinski definition) is 0. The van der Waals surface area contributed by atoms with Crippen molar-refractivity contribution in [1.82, 2.24) is 9.88 Å². The van der Waals surface area contributed by atoms with Gasteiger partial charge in [-0.1, -0.05) is 30.3 Å². The van der Waals surface area contributed by atoms with E-state index in [1.54, 1.807) is 14.2 Å². The summed E-state index contributed by atoms with van der Waals surface area (Å²) in [6, 6.07) is 19.0. The number of likely N-dealkylation sites (N-methyl/N-ethyl adjacent to an activating group) is 1. The van der Waals surface area contributed by atoms with Gasteiger partial charge in [0.05, 0.1) is 25.4 Å². The summed E-state index contributed by atoms with van der Waals surface area (Å²) >= 11 is 0. The minimum absolute atomic E-state index is 0.725. The summed E-state index contributed by atoms with van der Waals surface area (Å²) in [7, 11) is 5.51. The average Bonchev–Trinajstić information content (AvgIpc) is 2.77. The Labute approximate surface area is 170 Å². The van der Waals surface area contributed by atoms with Crippen LogP contribution in [0.4, 0.5) is 0 Å². The maximum atomic E-state index is 5.55. The summed E-state index contributed by atoms with van der Waals surface area (Å²) in [5.41, 5.74) is 5.89. The van der Waals surface area contributed by atoms with E-state index < -0.39 is 0 Å². The van der Waals surface area contributed by atoms with Crippen molar-refractivity contribution in [3.05, 3.63) is 65.7 Å². The van der Waals surface area contributed by atoms with Crippen molar-refractivity contribution in [1.29, 1.82) is 0 Å². The van der Waals surface area contributed by atoms with Gasteiger partial charge in [-0.2, -0.15) is 0 Å². The highest BCUT2D eigenvalue weighted by Crippen LogP contribution is 2.39. The number of methoxy groups -OCH3 is 2. The summed E-state index contributed by atoms with van der Waals surface area (Å²) in [5.74, 6) is 1.46. The first-order valence-corrected chi connectivity index (χ1v) is 9.93. The summed E-state index contributed by atoms with van der Waals surface area (Å²) in [5, 5.41) is 3.86. The standard InChI is InChI=1S/C25H24N2O2/c1-27-13-12-19-20(15-27)25(17-9-11-22(28-2)23(14-17)29-3)26-21-10-8-16-6-4-5-7-18(16)24(19)21/h4-11,14H,12-13,15H2,1-3H3. The molecule has 2 heterocycles. The Bertz CT molecular complexity index is 1230. The third-order valence-corrected chi connectivity index (χ3v) is 5.92. The predicted octanol–water partition coefficient (Wildman–Crippen LogP) is 5.06. The van der Waals surface area contributed by atoms with Gasteiger partial charge < -0.3 is 14.4 Å². The van der Waals surface area contributed by atoms with Crippen LogP contribution in [0.2, 0.25) is 0 Å². The molecule has 1 aromatic heterocycles. The fourth-order valence-electron chi connectivity index (χ4n) is 4.47. The van der Waals surface area contributed by atoms with Crippen molar-refractivity contribution in [2.45, 2.75) is 13.0 Å². The number of pyridine rings is 1. The van der Waals surface area contributed by atoms with Gasteiger partial charge in [0.2, 0.25) is 0 Å². The zero-order chi connectivity index (χ0) is 20.0. The van der Waals surface area contributed by atoms with Gasteiger partial charge in [-0.15, -0.1) is 0 Å². The highest BCUT2D eigenvalue weighted by molar-refractivity contribution is 6.09. The summed E-state index contributed by atoms with van der Waals surface area (Å²) < 4.78 is 11.0. The Hall–Kier alpha value is -3.11. The number of hydrogen-bond acceptors (Lipinski definition) is 4. The molecule has 0 saturated heterocycles. The van der Waals surface area contributed by atoms with E-state index in [-0.39, 0.29) is 0 Å². The molecule has 29 heavy (non-hydrogen) atoms. The van der Waals surface area contributed by atoms with E-state index in [1.807, 2.05) is 12.1 Å². The third kappa shape index (κ3) is 2.91. The molecule has 0 atom stereocenters. The van der Waals surface area contributed by atoms with Crippen molar-refractivity contribution in [2.24, 2.45) is 0 Å². The van der Waals surface area contributed by atoms with Gasteiger partial charge in [0.25, 0.3) is 0 Å². The fourth-order valence-corrected chi connectivity index (χ4v) is 4.47. The van der Waals surface area contributed by atoms with Gasteiger partial charge in [0.1, 0.15) is 0 Å². The molecule has 4 aromatic rings. The molecule has 0 spiro atoms. The van der Waals surface area contributed by atoms with Crippen LogP contribution in [0.1, 0.15) is 11.1 Å². The second-order valence-corrected chi connectivity index (χ2v) is 7.66. The van der Waals surface area contributed by atoms with Crippen molar-refractivity contribution in [3.63, 3.8) is 0 Å². The Morgan fingerprint density at radius 1 is 0.897 bits per heavy atom. The molecule has 0 aliphatic carbocycles. The van der Waals surface area contributed by atoms with E-state index >= 15 is 0 Å². The van der Waals surface area contributed by atoms with Gasteiger partial charge in [0.15, 0.2) is 11.5 Å². The largest absolute Gasteiger partial charge is 0.493 e. The molecule has 0 bridgehead atoms. The van der Waals surface area contributed by atoms with Crippen LogP contribution >= 0.6 is 0 Å². The summed E-state index contributed by atoms with van der Waals surface area (Å²) in [6.45, 7) is 1.95. The molecule has 0 amide bonds. The minimum atomic E-state index is 0.725. The second-order valence-electron chi connectivity index (χ2n) is 7.66. The Morgan fingerprint density at radius 3 is 2.55 bits per heavy atom. The number of nitrogens with zero attached hydrogens (tertiary/aromatic N) is 2. The SMILES string of the molecule is COc1ccc(-c2nc3ccc4ccccc4c3c3c2CN(C)CC3)cc1OC. The van der Waals surface area contributed by atoms with E-state index in [9.17, 15) is 0 Å². The number of ether oxygens (including phenoxy) is 2. The van der Waals surface area contributed by atoms with Gasteiger partial charge in [0, 0.05) is 24.0 Å². The molecule has 0 N–H and O–H groups in total. The topological polar surface area (TPSA) is 34.6 Å². The molecular weight excluding hydrogens is 360 g/mol. The molecule has 4 nitrogen and oxygen atoms in total. The maximum Gasteiger partial charge on any atom is 0.161 e. The molecule has 3 aromatic carbocycles. The monoisotopic (exact) mass is 384 g/mol. The van der Waals surface area contributed by atoms with E-state index in [4.69, 9.17) is 14.5 Å². The van der Waals surface area contributed by atoms with Gasteiger partial charge in [-0.25, -0.2) is 4.98 Å². The van der Waals surface area contributed by atoms with Crippen LogP contribution in [0.3, 0.4) is 0 Å². The van der Waals surface area contributed by atoms with Crippen LogP contribution in [-0.4, -0.2) is 37.7 Å². The van der Waals surface area contributed by atoms with Crippen molar-refractivity contribution < 1.29 is 9.47 Å². The highest BCUT2D eigenvalue weighted by Gasteiger charge is 2.23. The maximum absolute atomic E-state index is 5.55. The van der Waals surface area contributed by atoms with Crippen molar-refractivity contribution in [2.75, 3.05) is 27.8 Å². The van der Waals surface area contributed by atoms with Gasteiger partial charge >= 0.3 is 0 Å². The fraction of sp³-hybridized carbons (Fsp3) is 0.240. The van der Waals surface area contributed by atoms with Crippen molar-refractivity contribution >= 4 is 21.7 Å². The minimum Gasteiger partial charge on any atom is -0.493 e. The van der Waals surface area contributed by atoms with Crippen molar-refractivity contribution in [3.8, 4) is 22.8 Å². The summed E-state index contributed by atoms with van der Waals surface area (Å²) in [4.78, 5) is 7.52. The summed E-state index contributed by atoms with van der Waals surface area (Å²) in [6.07, 6.45) is 1.03. The Kier molecular flexibility index (Phi) is 4.36. The van der Waals surface area contributed by atoms with Crippen LogP contribution in [0.25, 0.3) is 32.9 Å². The smallest absolute Gasteiger partial charge is 0.161 e. The van der Waals surface area contributed by atoms with Crippen LogP contribution in [0.5, 0.6) is 11.5 Å². The first-order chi connectivity index (χ1) is 14.2. The molecule has 1 aliphatic heterocycles. The lowest BCUT2D eigenvalue weighted by Crippen LogP contribution is -2.27. The average molecular weight is 384 g/mol. The van der Waals surface area contributed by atoms with E-state index in [1.165, 1.54) is 27.3 Å². The van der Waals surface area contributed by atoms with E-state index in [0.29, 0.717) is 0 Å².